The molecule has 1 unspecified atom stereocenters. The quantitative estimate of drug-likeness (QED) is 0.809. The van der Waals surface area contributed by atoms with Crippen LogP contribution < -0.4 is 4.90 Å². The Morgan fingerprint density at radius 3 is 2.74 bits per heavy atom. The van der Waals surface area contributed by atoms with Crippen molar-refractivity contribution in [3.8, 4) is 0 Å². The second-order valence-electron chi connectivity index (χ2n) is 7.18. The van der Waals surface area contributed by atoms with Crippen molar-refractivity contribution in [1.29, 1.82) is 0 Å². The zero-order valence-electron chi connectivity index (χ0n) is 15.3. The number of hydrogen-bond acceptors (Lipinski definition) is 3. The Balaban J connectivity index is 1.79. The molecule has 27 heavy (non-hydrogen) atoms. The summed E-state index contributed by atoms with van der Waals surface area (Å²) in [5.74, 6) is 0.0683. The lowest BCUT2D eigenvalue weighted by atomic mass is 10.0. The fourth-order valence-electron chi connectivity index (χ4n) is 3.88. The van der Waals surface area contributed by atoms with Crippen LogP contribution in [0.25, 0.3) is 0 Å². The highest BCUT2D eigenvalue weighted by atomic mass is 32.2. The van der Waals surface area contributed by atoms with Gasteiger partial charge in [-0.05, 0) is 23.8 Å². The van der Waals surface area contributed by atoms with Gasteiger partial charge in [0.25, 0.3) is 5.91 Å². The molecule has 0 aliphatic carbocycles. The molecule has 0 bridgehead atoms. The first kappa shape index (κ1) is 18.0. The first-order chi connectivity index (χ1) is 12.9. The van der Waals surface area contributed by atoms with Gasteiger partial charge >= 0.3 is 0 Å². The van der Waals surface area contributed by atoms with Crippen molar-refractivity contribution in [3.63, 3.8) is 0 Å². The van der Waals surface area contributed by atoms with Crippen molar-refractivity contribution < 1.29 is 14.0 Å². The van der Waals surface area contributed by atoms with Gasteiger partial charge in [0.15, 0.2) is 4.87 Å². The Kier molecular flexibility index (Phi) is 4.46. The van der Waals surface area contributed by atoms with Crippen LogP contribution in [-0.2, 0) is 21.0 Å². The molecule has 4 nitrogen and oxygen atoms in total. The predicted octanol–water partition coefficient (Wildman–Crippen LogP) is 3.76. The summed E-state index contributed by atoms with van der Waals surface area (Å²) in [6.45, 7) is 4.54. The van der Waals surface area contributed by atoms with Crippen LogP contribution in [0, 0.1) is 11.7 Å². The Morgan fingerprint density at radius 2 is 2.00 bits per heavy atom. The van der Waals surface area contributed by atoms with Gasteiger partial charge in [-0.25, -0.2) is 4.39 Å². The van der Waals surface area contributed by atoms with Crippen LogP contribution in [0.4, 0.5) is 10.1 Å². The number of carbonyl (C=O) groups excluding carboxylic acids is 2. The summed E-state index contributed by atoms with van der Waals surface area (Å²) in [5, 5.41) is 0. The molecule has 1 spiro atoms. The molecule has 1 fully saturated rings. The molecule has 1 atom stereocenters. The van der Waals surface area contributed by atoms with Gasteiger partial charge in [0.1, 0.15) is 5.82 Å². The summed E-state index contributed by atoms with van der Waals surface area (Å²) in [6.07, 6.45) is 0. The summed E-state index contributed by atoms with van der Waals surface area (Å²) < 4.78 is 13.6. The number of anilines is 1. The molecule has 6 heteroatoms. The molecular formula is C21H21FN2O2S. The molecule has 0 radical (unpaired) electrons. The van der Waals surface area contributed by atoms with Gasteiger partial charge in [-0.1, -0.05) is 44.2 Å². The monoisotopic (exact) mass is 384 g/mol. The maximum absolute atomic E-state index is 13.6. The Labute approximate surface area is 162 Å². The minimum atomic E-state index is -1.01. The van der Waals surface area contributed by atoms with Crippen LogP contribution >= 0.6 is 11.8 Å². The highest BCUT2D eigenvalue weighted by Crippen LogP contribution is 2.54. The topological polar surface area (TPSA) is 40.6 Å². The van der Waals surface area contributed by atoms with E-state index in [1.165, 1.54) is 23.9 Å². The van der Waals surface area contributed by atoms with E-state index < -0.39 is 4.87 Å². The molecule has 2 aliphatic heterocycles. The number of halogens is 1. The second-order valence-corrected chi connectivity index (χ2v) is 8.46. The predicted molar refractivity (Wildman–Crippen MR) is 105 cm³/mol. The minimum Gasteiger partial charge on any atom is -0.315 e. The van der Waals surface area contributed by atoms with E-state index in [1.54, 1.807) is 15.9 Å². The van der Waals surface area contributed by atoms with Gasteiger partial charge < -0.3 is 9.80 Å². The van der Waals surface area contributed by atoms with E-state index in [9.17, 15) is 14.0 Å². The first-order valence-electron chi connectivity index (χ1n) is 9.06. The number of para-hydroxylation sites is 1. The number of nitrogens with zero attached hydrogens (tertiary/aromatic N) is 2. The fourth-order valence-corrected chi connectivity index (χ4v) is 5.34. The highest BCUT2D eigenvalue weighted by molar-refractivity contribution is 8.01. The van der Waals surface area contributed by atoms with Gasteiger partial charge in [-0.3, -0.25) is 9.59 Å². The lowest BCUT2D eigenvalue weighted by Crippen LogP contribution is -2.51. The van der Waals surface area contributed by atoms with Crippen molar-refractivity contribution in [1.82, 2.24) is 4.90 Å². The molecule has 4 rings (SSSR count). The lowest BCUT2D eigenvalue weighted by Gasteiger charge is -2.34. The zero-order chi connectivity index (χ0) is 19.2. The van der Waals surface area contributed by atoms with Crippen LogP contribution in [-0.4, -0.2) is 29.0 Å². The Bertz CT molecular complexity index is 917. The van der Waals surface area contributed by atoms with Crippen molar-refractivity contribution in [2.75, 3.05) is 17.2 Å². The summed E-state index contributed by atoms with van der Waals surface area (Å²) >= 11 is 1.51. The third kappa shape index (κ3) is 2.74. The summed E-state index contributed by atoms with van der Waals surface area (Å²) in [5.41, 5.74) is 2.37. The van der Waals surface area contributed by atoms with Crippen molar-refractivity contribution >= 4 is 29.3 Å². The highest BCUT2D eigenvalue weighted by Gasteiger charge is 2.59. The summed E-state index contributed by atoms with van der Waals surface area (Å²) in [7, 11) is 0. The molecular weight excluding hydrogens is 363 g/mol. The molecule has 140 valence electrons. The van der Waals surface area contributed by atoms with E-state index in [4.69, 9.17) is 0 Å². The SMILES string of the molecule is CC(C)C(=O)N1CCSC12C(=O)N(Cc1cccc(F)c1)c1ccccc12. The second kappa shape index (κ2) is 6.68. The third-order valence-corrected chi connectivity index (χ3v) is 6.51. The first-order valence-corrected chi connectivity index (χ1v) is 10.0. The van der Waals surface area contributed by atoms with Gasteiger partial charge in [-0.2, -0.15) is 0 Å². The van der Waals surface area contributed by atoms with E-state index in [0.29, 0.717) is 12.3 Å². The van der Waals surface area contributed by atoms with Crippen LogP contribution in [0.1, 0.15) is 25.0 Å². The average Bonchev–Trinajstić information content (AvgIpc) is 3.19. The smallest absolute Gasteiger partial charge is 0.268 e. The number of rotatable bonds is 3. The number of thioether (sulfide) groups is 1. The van der Waals surface area contributed by atoms with E-state index in [2.05, 4.69) is 0 Å². The number of fused-ring (bicyclic) bond motifs is 2. The number of amides is 2. The van der Waals surface area contributed by atoms with Gasteiger partial charge in [0.05, 0.1) is 12.2 Å². The summed E-state index contributed by atoms with van der Waals surface area (Å²) in [6, 6.07) is 13.9. The number of benzene rings is 2. The number of carbonyl (C=O) groups is 2. The Hall–Kier alpha value is -2.34. The molecule has 2 heterocycles. The Morgan fingerprint density at radius 1 is 1.22 bits per heavy atom. The van der Waals surface area contributed by atoms with Gasteiger partial charge in [0, 0.05) is 23.8 Å². The molecule has 2 amide bonds. The standard InChI is InChI=1S/C21H21FN2O2S/c1-14(2)19(25)24-10-11-27-21(24)17-8-3-4-9-18(17)23(20(21)26)13-15-6-5-7-16(22)12-15/h3-9,12,14H,10-11,13H2,1-2H3. The molecule has 0 aromatic heterocycles. The molecule has 2 aromatic rings. The molecule has 0 N–H and O–H groups in total. The molecule has 1 saturated heterocycles. The van der Waals surface area contributed by atoms with Gasteiger partial charge in [-0.15, -0.1) is 11.8 Å². The minimum absolute atomic E-state index is 0.0178. The van der Waals surface area contributed by atoms with E-state index in [0.717, 1.165) is 16.8 Å². The van der Waals surface area contributed by atoms with E-state index in [-0.39, 0.29) is 30.1 Å². The maximum Gasteiger partial charge on any atom is 0.268 e. The number of hydrogen-bond donors (Lipinski definition) is 0. The van der Waals surface area contributed by atoms with Crippen molar-refractivity contribution in [2.24, 2.45) is 5.92 Å². The van der Waals surface area contributed by atoms with E-state index >= 15 is 0 Å². The molecule has 2 aromatic carbocycles. The summed E-state index contributed by atoms with van der Waals surface area (Å²) in [4.78, 5) is 28.9. The van der Waals surface area contributed by atoms with Crippen LogP contribution in [0.3, 0.4) is 0 Å². The van der Waals surface area contributed by atoms with Crippen LogP contribution in [0.2, 0.25) is 0 Å². The molecule has 0 saturated carbocycles. The third-order valence-electron chi connectivity index (χ3n) is 5.09. The van der Waals surface area contributed by atoms with E-state index in [1.807, 2.05) is 44.2 Å². The maximum atomic E-state index is 13.6. The zero-order valence-corrected chi connectivity index (χ0v) is 16.1. The fraction of sp³-hybridized carbons (Fsp3) is 0.333. The van der Waals surface area contributed by atoms with Gasteiger partial charge in [0.2, 0.25) is 5.91 Å². The van der Waals surface area contributed by atoms with Crippen LogP contribution in [0.15, 0.2) is 48.5 Å². The van der Waals surface area contributed by atoms with Crippen LogP contribution in [0.5, 0.6) is 0 Å². The lowest BCUT2D eigenvalue weighted by molar-refractivity contribution is -0.142. The van der Waals surface area contributed by atoms with Crippen molar-refractivity contribution in [3.05, 3.63) is 65.5 Å². The normalized spacial score (nSPS) is 21.4. The average molecular weight is 384 g/mol. The molecule has 2 aliphatic rings. The van der Waals surface area contributed by atoms with Crippen molar-refractivity contribution in [2.45, 2.75) is 25.3 Å². The largest absolute Gasteiger partial charge is 0.315 e.